The molecule has 5 heteroatoms. The predicted molar refractivity (Wildman–Crippen MR) is 52.2 cm³/mol. The molecule has 0 aliphatic rings. The number of aromatic amines is 1. The predicted octanol–water partition coefficient (Wildman–Crippen LogP) is 1.35. The lowest BCUT2D eigenvalue weighted by atomic mass is 10.0. The summed E-state index contributed by atoms with van der Waals surface area (Å²) in [5.74, 6) is -0.386. The normalized spacial score (nSPS) is 9.93. The maximum absolute atomic E-state index is 11.3. The highest BCUT2D eigenvalue weighted by Crippen LogP contribution is 2.15. The van der Waals surface area contributed by atoms with Gasteiger partial charge in [0.1, 0.15) is 5.15 Å². The van der Waals surface area contributed by atoms with Gasteiger partial charge in [0.15, 0.2) is 12.1 Å². The molecule has 0 atom stereocenters. The number of aldehydes is 1. The third-order valence-corrected chi connectivity index (χ3v) is 2.23. The van der Waals surface area contributed by atoms with Crippen LogP contribution in [0.1, 0.15) is 33.2 Å². The van der Waals surface area contributed by atoms with Crippen molar-refractivity contribution < 1.29 is 9.59 Å². The van der Waals surface area contributed by atoms with Gasteiger partial charge in [-0.05, 0) is 19.4 Å². The molecule has 1 rings (SSSR count). The molecule has 0 aliphatic carbocycles. The highest BCUT2D eigenvalue weighted by molar-refractivity contribution is 6.32. The number of pyridine rings is 1. The first-order valence-corrected chi connectivity index (χ1v) is 4.25. The van der Waals surface area contributed by atoms with Gasteiger partial charge in [-0.1, -0.05) is 11.6 Å². The largest absolute Gasteiger partial charge is 0.312 e. The number of aromatic nitrogens is 1. The fraction of sp³-hybridized carbons (Fsp3) is 0.222. The van der Waals surface area contributed by atoms with Crippen LogP contribution in [0.4, 0.5) is 0 Å². The Morgan fingerprint density at radius 2 is 2.07 bits per heavy atom. The van der Waals surface area contributed by atoms with Crippen LogP contribution in [0.5, 0.6) is 0 Å². The molecule has 14 heavy (non-hydrogen) atoms. The molecular weight excluding hydrogens is 206 g/mol. The summed E-state index contributed by atoms with van der Waals surface area (Å²) in [4.78, 5) is 35.2. The van der Waals surface area contributed by atoms with Crippen molar-refractivity contribution in [1.82, 2.24) is 4.98 Å². The molecule has 0 saturated carbocycles. The van der Waals surface area contributed by atoms with E-state index in [1.54, 1.807) is 0 Å². The Hall–Kier alpha value is -1.42. The maximum Gasteiger partial charge on any atom is 0.260 e. The quantitative estimate of drug-likeness (QED) is 0.458. The van der Waals surface area contributed by atoms with Crippen molar-refractivity contribution in [1.29, 1.82) is 0 Å². The van der Waals surface area contributed by atoms with Crippen LogP contribution in [0.3, 0.4) is 0 Å². The monoisotopic (exact) mass is 213 g/mol. The van der Waals surface area contributed by atoms with Crippen molar-refractivity contribution >= 4 is 23.7 Å². The molecule has 0 bridgehead atoms. The fourth-order valence-corrected chi connectivity index (χ4v) is 1.54. The lowest BCUT2D eigenvalue weighted by Gasteiger charge is -2.04. The molecule has 0 saturated heterocycles. The molecule has 0 aliphatic heterocycles. The highest BCUT2D eigenvalue weighted by Gasteiger charge is 2.15. The molecule has 4 nitrogen and oxygen atoms in total. The highest BCUT2D eigenvalue weighted by atomic mass is 35.5. The van der Waals surface area contributed by atoms with E-state index in [4.69, 9.17) is 11.6 Å². The molecule has 74 valence electrons. The zero-order valence-corrected chi connectivity index (χ0v) is 8.44. The number of hydrogen-bond donors (Lipinski definition) is 1. The summed E-state index contributed by atoms with van der Waals surface area (Å²) < 4.78 is 0. The van der Waals surface area contributed by atoms with Crippen molar-refractivity contribution in [3.05, 3.63) is 32.2 Å². The van der Waals surface area contributed by atoms with Gasteiger partial charge >= 0.3 is 0 Å². The van der Waals surface area contributed by atoms with Gasteiger partial charge in [0.2, 0.25) is 0 Å². The molecule has 0 radical (unpaired) electrons. The Balaban J connectivity index is 3.69. The zero-order valence-electron chi connectivity index (χ0n) is 7.68. The van der Waals surface area contributed by atoms with Crippen LogP contribution in [0.15, 0.2) is 4.79 Å². The molecule has 1 aromatic rings. The minimum absolute atomic E-state index is 0.0171. The van der Waals surface area contributed by atoms with Crippen LogP contribution in [-0.4, -0.2) is 17.1 Å². The van der Waals surface area contributed by atoms with Crippen molar-refractivity contribution in [2.75, 3.05) is 0 Å². The first-order valence-electron chi connectivity index (χ1n) is 3.87. The summed E-state index contributed by atoms with van der Waals surface area (Å²) in [6, 6.07) is 0. The van der Waals surface area contributed by atoms with Gasteiger partial charge < -0.3 is 4.98 Å². The Bertz CT molecular complexity index is 462. The molecule has 0 spiro atoms. The number of rotatable bonds is 2. The average molecular weight is 214 g/mol. The fourth-order valence-electron chi connectivity index (χ4n) is 1.26. The van der Waals surface area contributed by atoms with Crippen LogP contribution >= 0.6 is 11.6 Å². The van der Waals surface area contributed by atoms with E-state index < -0.39 is 5.56 Å². The van der Waals surface area contributed by atoms with Gasteiger partial charge in [0, 0.05) is 0 Å². The van der Waals surface area contributed by atoms with E-state index in [0.717, 1.165) is 0 Å². The first kappa shape index (κ1) is 10.7. The summed E-state index contributed by atoms with van der Waals surface area (Å²) in [5.41, 5.74) is -0.111. The van der Waals surface area contributed by atoms with Gasteiger partial charge in [-0.25, -0.2) is 0 Å². The SMILES string of the molecule is CC(=O)c1c(C)c(C=O)c(Cl)[nH]c1=O. The minimum Gasteiger partial charge on any atom is -0.312 e. The lowest BCUT2D eigenvalue weighted by Crippen LogP contribution is -2.20. The molecule has 1 aromatic heterocycles. The molecule has 1 heterocycles. The zero-order chi connectivity index (χ0) is 10.9. The van der Waals surface area contributed by atoms with E-state index in [9.17, 15) is 14.4 Å². The third kappa shape index (κ3) is 1.61. The Morgan fingerprint density at radius 1 is 1.50 bits per heavy atom. The number of hydrogen-bond acceptors (Lipinski definition) is 3. The molecule has 0 fully saturated rings. The molecule has 0 aromatic carbocycles. The van der Waals surface area contributed by atoms with Crippen LogP contribution in [0.25, 0.3) is 0 Å². The summed E-state index contributed by atoms with van der Waals surface area (Å²) in [7, 11) is 0. The summed E-state index contributed by atoms with van der Waals surface area (Å²) in [6.45, 7) is 2.78. The standard InChI is InChI=1S/C9H8ClNO3/c1-4-6(3-12)8(10)11-9(14)7(4)5(2)13/h3H,1-2H3,(H,11,14). The second-order valence-electron chi connectivity index (χ2n) is 2.86. The maximum atomic E-state index is 11.3. The van der Waals surface area contributed by atoms with Crippen molar-refractivity contribution in [2.24, 2.45) is 0 Å². The molecule has 0 unspecified atom stereocenters. The van der Waals surface area contributed by atoms with Crippen LogP contribution in [0, 0.1) is 6.92 Å². The van der Waals surface area contributed by atoms with Crippen molar-refractivity contribution in [3.8, 4) is 0 Å². The van der Waals surface area contributed by atoms with E-state index in [-0.39, 0.29) is 22.1 Å². The summed E-state index contributed by atoms with van der Waals surface area (Å²) in [5, 5.41) is -0.0347. The van der Waals surface area contributed by atoms with E-state index >= 15 is 0 Å². The minimum atomic E-state index is -0.564. The van der Waals surface area contributed by atoms with Crippen LogP contribution in [0.2, 0.25) is 5.15 Å². The smallest absolute Gasteiger partial charge is 0.260 e. The van der Waals surface area contributed by atoms with Gasteiger partial charge in [-0.2, -0.15) is 0 Å². The molecule has 0 amide bonds. The van der Waals surface area contributed by atoms with E-state index in [0.29, 0.717) is 11.8 Å². The number of carbonyl (C=O) groups is 2. The second kappa shape index (κ2) is 3.75. The number of halogens is 1. The second-order valence-corrected chi connectivity index (χ2v) is 3.23. The lowest BCUT2D eigenvalue weighted by molar-refractivity contribution is 0.101. The molecular formula is C9H8ClNO3. The number of nitrogens with one attached hydrogen (secondary N) is 1. The topological polar surface area (TPSA) is 67.0 Å². The average Bonchev–Trinajstić information content (AvgIpc) is 2.02. The van der Waals surface area contributed by atoms with Crippen LogP contribution < -0.4 is 5.56 Å². The van der Waals surface area contributed by atoms with Gasteiger partial charge in [0.25, 0.3) is 5.56 Å². The Kier molecular flexibility index (Phi) is 2.86. The number of carbonyl (C=O) groups excluding carboxylic acids is 2. The number of Topliss-reactive ketones (excluding diaryl/α,β-unsaturated/α-hetero) is 1. The van der Waals surface area contributed by atoms with Crippen molar-refractivity contribution in [3.63, 3.8) is 0 Å². The summed E-state index contributed by atoms with van der Waals surface area (Å²) in [6.07, 6.45) is 0.514. The van der Waals surface area contributed by atoms with Gasteiger partial charge in [-0.3, -0.25) is 14.4 Å². The Morgan fingerprint density at radius 3 is 2.50 bits per heavy atom. The van der Waals surface area contributed by atoms with E-state index in [1.165, 1.54) is 13.8 Å². The molecule has 1 N–H and O–H groups in total. The summed E-state index contributed by atoms with van der Waals surface area (Å²) >= 11 is 5.61. The van der Waals surface area contributed by atoms with Gasteiger partial charge in [0.05, 0.1) is 11.1 Å². The van der Waals surface area contributed by atoms with Crippen molar-refractivity contribution in [2.45, 2.75) is 13.8 Å². The first-order chi connectivity index (χ1) is 6.49. The number of H-pyrrole nitrogens is 1. The Labute approximate surface area is 84.9 Å². The van der Waals surface area contributed by atoms with E-state index in [2.05, 4.69) is 4.98 Å². The third-order valence-electron chi connectivity index (χ3n) is 1.94. The number of ketones is 1. The van der Waals surface area contributed by atoms with Crippen LogP contribution in [-0.2, 0) is 0 Å². The van der Waals surface area contributed by atoms with Gasteiger partial charge in [-0.15, -0.1) is 0 Å². The van der Waals surface area contributed by atoms with E-state index in [1.807, 2.05) is 0 Å².